The highest BCUT2D eigenvalue weighted by molar-refractivity contribution is 5.76. The van der Waals surface area contributed by atoms with Crippen LogP contribution in [0.15, 0.2) is 24.3 Å². The number of nitrogens with two attached hydrogens (primary N) is 1. The molecule has 1 aromatic rings. The average molecular weight is 280 g/mol. The monoisotopic (exact) mass is 280 g/mol. The van der Waals surface area contributed by atoms with Crippen molar-refractivity contribution in [1.29, 1.82) is 0 Å². The molecule has 0 aliphatic carbocycles. The number of ether oxygens (including phenoxy) is 1. The number of benzene rings is 1. The minimum Gasteiger partial charge on any atom is -0.493 e. The largest absolute Gasteiger partial charge is 0.493 e. The summed E-state index contributed by atoms with van der Waals surface area (Å²) in [6, 6.07) is 7.06. The van der Waals surface area contributed by atoms with Crippen LogP contribution >= 0.6 is 0 Å². The molecular weight excluding hydrogens is 256 g/mol. The van der Waals surface area contributed by atoms with Crippen LogP contribution in [0, 0.1) is 0 Å². The zero-order valence-electron chi connectivity index (χ0n) is 12.2. The van der Waals surface area contributed by atoms with Crippen LogP contribution in [0.4, 0.5) is 5.69 Å². The van der Waals surface area contributed by atoms with Crippen molar-refractivity contribution in [1.82, 2.24) is 5.32 Å². The first kappa shape index (κ1) is 16.3. The molecule has 0 aliphatic rings. The van der Waals surface area contributed by atoms with Crippen LogP contribution in [0.1, 0.15) is 33.1 Å². The van der Waals surface area contributed by atoms with Crippen molar-refractivity contribution in [3.63, 3.8) is 0 Å². The number of nitrogens with one attached hydrogen (secondary N) is 1. The zero-order chi connectivity index (χ0) is 15.0. The van der Waals surface area contributed by atoms with Crippen LogP contribution in [-0.4, -0.2) is 29.8 Å². The summed E-state index contributed by atoms with van der Waals surface area (Å²) >= 11 is 0. The van der Waals surface area contributed by atoms with Gasteiger partial charge >= 0.3 is 0 Å². The highest BCUT2D eigenvalue weighted by atomic mass is 16.5. The Labute approximate surface area is 120 Å². The standard InChI is InChI=1S/C15H24N2O3/c1-3-15(2,9-10-18)17-14(19)8-11-20-13-6-4-12(16)5-7-13/h4-7,18H,3,8-11,16H2,1-2H3,(H,17,19). The molecule has 20 heavy (non-hydrogen) atoms. The van der Waals surface area contributed by atoms with Crippen molar-refractivity contribution in [2.45, 2.75) is 38.6 Å². The highest BCUT2D eigenvalue weighted by Crippen LogP contribution is 2.15. The summed E-state index contributed by atoms with van der Waals surface area (Å²) in [4.78, 5) is 11.8. The molecule has 1 amide bonds. The fourth-order valence-electron chi connectivity index (χ4n) is 1.80. The lowest BCUT2D eigenvalue weighted by Crippen LogP contribution is -2.46. The quantitative estimate of drug-likeness (QED) is 0.633. The summed E-state index contributed by atoms with van der Waals surface area (Å²) < 4.78 is 5.47. The molecule has 0 aromatic heterocycles. The number of rotatable bonds is 8. The number of aliphatic hydroxyl groups excluding tert-OH is 1. The summed E-state index contributed by atoms with van der Waals surface area (Å²) in [5.74, 6) is 0.624. The topological polar surface area (TPSA) is 84.6 Å². The fourth-order valence-corrected chi connectivity index (χ4v) is 1.80. The Bertz CT molecular complexity index is 420. The van der Waals surface area contributed by atoms with E-state index in [9.17, 15) is 4.79 Å². The van der Waals surface area contributed by atoms with Crippen molar-refractivity contribution < 1.29 is 14.6 Å². The van der Waals surface area contributed by atoms with Gasteiger partial charge in [0.25, 0.3) is 0 Å². The van der Waals surface area contributed by atoms with E-state index in [0.717, 1.165) is 6.42 Å². The Hall–Kier alpha value is -1.75. The second-order valence-corrected chi connectivity index (χ2v) is 5.10. The van der Waals surface area contributed by atoms with Crippen LogP contribution in [0.25, 0.3) is 0 Å². The number of carbonyl (C=O) groups is 1. The van der Waals surface area contributed by atoms with Gasteiger partial charge < -0.3 is 20.9 Å². The Balaban J connectivity index is 2.34. The third-order valence-electron chi connectivity index (χ3n) is 3.36. The van der Waals surface area contributed by atoms with Crippen LogP contribution in [0.3, 0.4) is 0 Å². The number of aliphatic hydroxyl groups is 1. The summed E-state index contributed by atoms with van der Waals surface area (Å²) in [6.45, 7) is 4.30. The molecule has 5 heteroatoms. The Morgan fingerprint density at radius 2 is 2.05 bits per heavy atom. The molecule has 4 N–H and O–H groups in total. The Morgan fingerprint density at radius 1 is 1.40 bits per heavy atom. The third kappa shape index (κ3) is 5.48. The van der Waals surface area contributed by atoms with Crippen LogP contribution < -0.4 is 15.8 Å². The molecule has 1 unspecified atom stereocenters. The highest BCUT2D eigenvalue weighted by Gasteiger charge is 2.23. The lowest BCUT2D eigenvalue weighted by atomic mass is 9.95. The first-order valence-electron chi connectivity index (χ1n) is 6.89. The van der Waals surface area contributed by atoms with E-state index in [1.807, 2.05) is 13.8 Å². The minimum atomic E-state index is -0.354. The number of hydrogen-bond donors (Lipinski definition) is 3. The van der Waals surface area contributed by atoms with Crippen molar-refractivity contribution in [3.8, 4) is 5.75 Å². The van der Waals surface area contributed by atoms with E-state index in [1.165, 1.54) is 0 Å². The van der Waals surface area contributed by atoms with E-state index < -0.39 is 0 Å². The van der Waals surface area contributed by atoms with Crippen LogP contribution in [-0.2, 0) is 4.79 Å². The SMILES string of the molecule is CCC(C)(CCO)NC(=O)CCOc1ccc(N)cc1. The van der Waals surface area contributed by atoms with Gasteiger partial charge in [-0.2, -0.15) is 0 Å². The van der Waals surface area contributed by atoms with Crippen LogP contribution in [0.5, 0.6) is 5.75 Å². The minimum absolute atomic E-state index is 0.0621. The Morgan fingerprint density at radius 3 is 2.60 bits per heavy atom. The second-order valence-electron chi connectivity index (χ2n) is 5.10. The third-order valence-corrected chi connectivity index (χ3v) is 3.36. The number of anilines is 1. The van der Waals surface area contributed by atoms with Crippen LogP contribution in [0.2, 0.25) is 0 Å². The molecule has 1 aromatic carbocycles. The molecule has 1 atom stereocenters. The van der Waals surface area contributed by atoms with Gasteiger partial charge in [-0.1, -0.05) is 6.92 Å². The molecule has 1 rings (SSSR count). The number of amides is 1. The molecule has 0 radical (unpaired) electrons. The van der Waals surface area contributed by atoms with Crippen molar-refractivity contribution >= 4 is 11.6 Å². The molecule has 112 valence electrons. The van der Waals surface area contributed by atoms with E-state index in [1.54, 1.807) is 24.3 Å². The van der Waals surface area contributed by atoms with E-state index in [0.29, 0.717) is 24.5 Å². The average Bonchev–Trinajstić information content (AvgIpc) is 2.41. The van der Waals surface area contributed by atoms with Gasteiger partial charge in [0.2, 0.25) is 5.91 Å². The summed E-state index contributed by atoms with van der Waals surface area (Å²) in [6.07, 6.45) is 1.61. The lowest BCUT2D eigenvalue weighted by Gasteiger charge is -2.29. The molecule has 0 saturated carbocycles. The van der Waals surface area contributed by atoms with Gasteiger partial charge in [-0.25, -0.2) is 0 Å². The van der Waals surface area contributed by atoms with Crippen molar-refractivity contribution in [3.05, 3.63) is 24.3 Å². The number of carbonyl (C=O) groups excluding carboxylic acids is 1. The first-order chi connectivity index (χ1) is 9.49. The molecular formula is C15H24N2O3. The van der Waals surface area contributed by atoms with E-state index in [4.69, 9.17) is 15.6 Å². The predicted molar refractivity (Wildman–Crippen MR) is 79.5 cm³/mol. The molecule has 0 saturated heterocycles. The Kier molecular flexibility index (Phi) is 6.31. The normalized spacial score (nSPS) is 13.6. The van der Waals surface area contributed by atoms with Gasteiger partial charge in [-0.3, -0.25) is 4.79 Å². The van der Waals surface area contributed by atoms with Gasteiger partial charge in [0.15, 0.2) is 0 Å². The number of nitrogen functional groups attached to an aromatic ring is 1. The maximum Gasteiger partial charge on any atom is 0.223 e. The smallest absolute Gasteiger partial charge is 0.223 e. The predicted octanol–water partition coefficient (Wildman–Crippen LogP) is 1.70. The molecule has 0 spiro atoms. The summed E-state index contributed by atoms with van der Waals surface area (Å²) in [5.41, 5.74) is 5.90. The number of hydrogen-bond acceptors (Lipinski definition) is 4. The molecule has 0 heterocycles. The van der Waals surface area contributed by atoms with Crippen molar-refractivity contribution in [2.75, 3.05) is 18.9 Å². The molecule has 0 bridgehead atoms. The zero-order valence-corrected chi connectivity index (χ0v) is 12.2. The maximum absolute atomic E-state index is 11.8. The lowest BCUT2D eigenvalue weighted by molar-refractivity contribution is -0.123. The summed E-state index contributed by atoms with van der Waals surface area (Å²) in [5, 5.41) is 11.9. The molecule has 0 fully saturated rings. The van der Waals surface area contributed by atoms with Gasteiger partial charge in [-0.15, -0.1) is 0 Å². The second kappa shape index (κ2) is 7.75. The fraction of sp³-hybridized carbons (Fsp3) is 0.533. The first-order valence-corrected chi connectivity index (χ1v) is 6.89. The van der Waals surface area contributed by atoms with Crippen molar-refractivity contribution in [2.24, 2.45) is 0 Å². The maximum atomic E-state index is 11.8. The van der Waals surface area contributed by atoms with E-state index in [-0.39, 0.29) is 24.5 Å². The van der Waals surface area contributed by atoms with Gasteiger partial charge in [0.05, 0.1) is 13.0 Å². The van der Waals surface area contributed by atoms with Gasteiger partial charge in [-0.05, 0) is 44.0 Å². The van der Waals surface area contributed by atoms with E-state index >= 15 is 0 Å². The van der Waals surface area contributed by atoms with Gasteiger partial charge in [0, 0.05) is 17.8 Å². The summed E-state index contributed by atoms with van der Waals surface area (Å²) in [7, 11) is 0. The van der Waals surface area contributed by atoms with E-state index in [2.05, 4.69) is 5.32 Å². The molecule has 5 nitrogen and oxygen atoms in total. The van der Waals surface area contributed by atoms with Gasteiger partial charge in [0.1, 0.15) is 5.75 Å². The molecule has 0 aliphatic heterocycles.